The maximum Gasteiger partial charge on any atom is 0.420 e. The Labute approximate surface area is 663 Å². The van der Waals surface area contributed by atoms with Gasteiger partial charge in [-0.3, -0.25) is 0 Å². The second-order valence-electron chi connectivity index (χ2n) is 33.1. The van der Waals surface area contributed by atoms with E-state index in [1.165, 1.54) is 77.6 Å². The molecule has 0 unspecified atom stereocenters. The minimum absolute atomic E-state index is 0. The number of piperidine rings is 2. The SMILES string of the molecule is C.CC(C)(C)OC(=O)N(c1cccc(F)c1)c1cc(Cl)nc2c(C3CCC3)cnn12.CC(C)(C)OC(=O)N(c1cccc(F)c1)c1cc(NC[C@H]2CCCC[C@@H]2O)nc2c(C3CCC3)cnn12.CC(C)(C)OC(=O)N1CC[C@H](CN)[C@@H](O)C1.O[C@H]1CNCC[C@@H]1CNc1cc(Nc2cccc(F)c2)n2ncc(C3CCC3)c2n1. The van der Waals surface area contributed by atoms with Gasteiger partial charge in [0.1, 0.15) is 68.5 Å². The molecule has 6 atom stereocenters. The number of nitrogens with two attached hydrogens (primary N) is 1. The summed E-state index contributed by atoms with van der Waals surface area (Å²) in [6.07, 6.45) is 18.4. The number of nitrogens with one attached hydrogen (secondary N) is 4. The van der Waals surface area contributed by atoms with Crippen LogP contribution >= 0.6 is 11.6 Å². The maximum absolute atomic E-state index is 14.3. The largest absolute Gasteiger partial charge is 0.444 e. The Morgan fingerprint density at radius 3 is 1.49 bits per heavy atom. The van der Waals surface area contributed by atoms with Crippen LogP contribution in [0.4, 0.5) is 73.7 Å². The van der Waals surface area contributed by atoms with Crippen molar-refractivity contribution in [3.05, 3.63) is 149 Å². The molecule has 26 nitrogen and oxygen atoms in total. The highest BCUT2D eigenvalue weighted by Crippen LogP contribution is 2.43. The van der Waals surface area contributed by atoms with Crippen molar-refractivity contribution in [2.24, 2.45) is 23.5 Å². The first-order chi connectivity index (χ1) is 53.4. The number of ether oxygens (including phenoxy) is 3. The van der Waals surface area contributed by atoms with E-state index in [9.17, 15) is 42.9 Å². The van der Waals surface area contributed by atoms with Crippen LogP contribution in [-0.4, -0.2) is 163 Å². The molecule has 0 spiro atoms. The molecular weight excluding hydrogens is 1470 g/mol. The van der Waals surface area contributed by atoms with Crippen LogP contribution in [0.2, 0.25) is 5.15 Å². The summed E-state index contributed by atoms with van der Waals surface area (Å²) in [5, 5.41) is 57.6. The van der Waals surface area contributed by atoms with Crippen molar-refractivity contribution < 1.29 is 57.1 Å². The molecular formula is C83H111ClF3N17O9. The quantitative estimate of drug-likeness (QED) is 0.0329. The van der Waals surface area contributed by atoms with Gasteiger partial charge in [-0.2, -0.15) is 28.8 Å². The van der Waals surface area contributed by atoms with Gasteiger partial charge in [0, 0.05) is 84.5 Å². The number of amides is 3. The van der Waals surface area contributed by atoms with Crippen molar-refractivity contribution in [3.63, 3.8) is 0 Å². The predicted octanol–water partition coefficient (Wildman–Crippen LogP) is 16.5. The van der Waals surface area contributed by atoms with Crippen molar-refractivity contribution in [1.29, 1.82) is 0 Å². The van der Waals surface area contributed by atoms with Gasteiger partial charge in [0.2, 0.25) is 0 Å². The Kier molecular flexibility index (Phi) is 27.5. The zero-order valence-corrected chi connectivity index (χ0v) is 66.1. The first kappa shape index (κ1) is 84.5. The molecule has 9 N–H and O–H groups in total. The summed E-state index contributed by atoms with van der Waals surface area (Å²) in [5.74, 6) is 3.22. The van der Waals surface area contributed by atoms with E-state index in [0.717, 1.165) is 118 Å². The van der Waals surface area contributed by atoms with Gasteiger partial charge in [0.15, 0.2) is 16.9 Å². The minimum Gasteiger partial charge on any atom is -0.444 e. The number of β-amino-alcohol motifs (C(OH)–C–C–N with tert-alkyl or cyclic N) is 2. The summed E-state index contributed by atoms with van der Waals surface area (Å²) in [6.45, 7) is 20.3. The fourth-order valence-electron chi connectivity index (χ4n) is 14.5. The Balaban J connectivity index is 0.000000153. The van der Waals surface area contributed by atoms with Gasteiger partial charge in [-0.1, -0.05) is 69.3 Å². The third kappa shape index (κ3) is 21.5. The molecule has 2 aliphatic heterocycles. The van der Waals surface area contributed by atoms with Crippen LogP contribution in [-0.2, 0) is 14.2 Å². The maximum atomic E-state index is 14.3. The number of aromatic nitrogens is 9. The highest BCUT2D eigenvalue weighted by Gasteiger charge is 2.36. The molecule has 6 aliphatic rings. The van der Waals surface area contributed by atoms with Crippen LogP contribution < -0.4 is 36.8 Å². The number of likely N-dealkylation sites (tertiary alicyclic amines) is 1. The number of halogens is 4. The zero-order valence-electron chi connectivity index (χ0n) is 65.4. The van der Waals surface area contributed by atoms with Crippen molar-refractivity contribution >= 4 is 93.0 Å². The molecule has 2 saturated heterocycles. The molecule has 3 amide bonds. The van der Waals surface area contributed by atoms with E-state index >= 15 is 0 Å². The van der Waals surface area contributed by atoms with Gasteiger partial charge in [0.05, 0.1) is 54.8 Å². The number of aliphatic hydroxyl groups excluding tert-OH is 3. The summed E-state index contributed by atoms with van der Waals surface area (Å²) in [4.78, 5) is 56.7. The van der Waals surface area contributed by atoms with Crippen LogP contribution in [0.3, 0.4) is 0 Å². The smallest absolute Gasteiger partial charge is 0.420 e. The molecule has 3 aromatic carbocycles. The van der Waals surface area contributed by atoms with Gasteiger partial charge in [-0.15, -0.1) is 0 Å². The van der Waals surface area contributed by atoms with Gasteiger partial charge < -0.3 is 61.4 Å². The summed E-state index contributed by atoms with van der Waals surface area (Å²) in [6, 6.07) is 23.2. The number of anilines is 8. The van der Waals surface area contributed by atoms with Crippen LogP contribution in [0.5, 0.6) is 0 Å². The standard InChI is InChI=1S/C28H36FN5O3.C22H27FN6O.C21H22ClFN4O2.C11H22N2O3.CH4/c1-28(2,3)37-27(36)33(21-12-7-11-20(29)14-21)25-15-24(30-16-19-8-4-5-13-23(19)35)32-26-22(17-31-34(25)26)18-9-6-10-18;23-16-5-2-6-17(9-16)27-21-10-20(25-11-15-7-8-24-13-19(15)30)28-22-18(12-26-29(21)22)14-3-1-4-14;1-21(2,3)29-20(28)26(15-9-5-8-14(23)10-15)18-11-17(22)25-19-16(12-24-27(18)19)13-6-4-7-13;1-11(2,3)16-10(15)13-5-4-8(6-12)9(14)7-13;/h7,11-12,14-15,17-19,23,35H,4-6,8-10,13,16H2,1-3H3,(H,30,32);2,5-6,9-10,12,14-15,19,24,27,30H,1,3-4,7-8,11,13H2,(H,25,28);5,8-13H,4,6-7H2,1-3H3;8-9,14H,4-7,12H2,1-3H3;1H4/t19-,23+;15-,19+;;8-,9+;/m11.1./s1. The topological polar surface area (TPSA) is 314 Å². The second-order valence-corrected chi connectivity index (χ2v) is 33.4. The lowest BCUT2D eigenvalue weighted by Gasteiger charge is -2.36. The summed E-state index contributed by atoms with van der Waals surface area (Å²) >= 11 is 6.31. The molecule has 113 heavy (non-hydrogen) atoms. The van der Waals surface area contributed by atoms with Crippen LogP contribution in [0.1, 0.15) is 200 Å². The predicted molar refractivity (Wildman–Crippen MR) is 433 cm³/mol. The van der Waals surface area contributed by atoms with E-state index in [-0.39, 0.29) is 54.5 Å². The first-order valence-electron chi connectivity index (χ1n) is 39.2. The monoisotopic (exact) mass is 1580 g/mol. The van der Waals surface area contributed by atoms with Crippen LogP contribution in [0.25, 0.3) is 16.9 Å². The van der Waals surface area contributed by atoms with Crippen molar-refractivity contribution in [2.75, 3.05) is 71.6 Å². The summed E-state index contributed by atoms with van der Waals surface area (Å²) in [7, 11) is 0. The summed E-state index contributed by atoms with van der Waals surface area (Å²) in [5.41, 5.74) is 10.1. The number of aliphatic hydroxyl groups is 3. The lowest BCUT2D eigenvalue weighted by atomic mass is 9.81. The van der Waals surface area contributed by atoms with Gasteiger partial charge >= 0.3 is 18.3 Å². The van der Waals surface area contributed by atoms with E-state index in [4.69, 9.17) is 41.5 Å². The third-order valence-electron chi connectivity index (χ3n) is 21.1. The number of hydrogen-bond acceptors (Lipinski definition) is 20. The van der Waals surface area contributed by atoms with E-state index in [2.05, 4.69) is 41.5 Å². The fraction of sp³-hybridized carbons (Fsp3) is 0.530. The van der Waals surface area contributed by atoms with Gasteiger partial charge in [0.25, 0.3) is 0 Å². The number of carbonyl (C=O) groups excluding carboxylic acids is 3. The Morgan fingerprint density at radius 2 is 1.02 bits per heavy atom. The molecule has 6 fully saturated rings. The van der Waals surface area contributed by atoms with Crippen molar-refractivity contribution in [1.82, 2.24) is 54.0 Å². The van der Waals surface area contributed by atoms with Crippen molar-refractivity contribution in [2.45, 2.75) is 219 Å². The molecule has 8 heterocycles. The molecule has 4 aliphatic carbocycles. The lowest BCUT2D eigenvalue weighted by molar-refractivity contribution is -0.0110. The highest BCUT2D eigenvalue weighted by atomic mass is 35.5. The summed E-state index contributed by atoms with van der Waals surface area (Å²) < 4.78 is 63.5. The molecule has 6 aromatic heterocycles. The number of rotatable bonds is 16. The number of hydrogen-bond donors (Lipinski definition) is 8. The molecule has 4 saturated carbocycles. The molecule has 9 aromatic rings. The normalized spacial score (nSPS) is 20.1. The zero-order chi connectivity index (χ0) is 79.8. The van der Waals surface area contributed by atoms with E-state index in [0.29, 0.717) is 103 Å². The minimum atomic E-state index is -0.756. The number of nitrogens with zero attached hydrogens (tertiary/aromatic N) is 12. The molecule has 0 radical (unpaired) electrons. The van der Waals surface area contributed by atoms with Crippen LogP contribution in [0, 0.1) is 35.2 Å². The van der Waals surface area contributed by atoms with E-state index < -0.39 is 46.7 Å². The number of benzene rings is 3. The van der Waals surface area contributed by atoms with Crippen LogP contribution in [0.15, 0.2) is 110 Å². The van der Waals surface area contributed by atoms with E-state index in [1.54, 1.807) is 96.5 Å². The van der Waals surface area contributed by atoms with E-state index in [1.807, 2.05) is 45.3 Å². The molecule has 610 valence electrons. The highest BCUT2D eigenvalue weighted by molar-refractivity contribution is 6.30. The average molecular weight is 1580 g/mol. The Hall–Kier alpha value is -9.39. The lowest BCUT2D eigenvalue weighted by Crippen LogP contribution is -2.49. The Bertz CT molecular complexity index is 4720. The number of fused-ring (bicyclic) bond motifs is 3. The fourth-order valence-corrected chi connectivity index (χ4v) is 14.7. The molecule has 0 bridgehead atoms. The number of carbonyl (C=O) groups is 3. The van der Waals surface area contributed by atoms with Gasteiger partial charge in [-0.05, 0) is 212 Å². The average Bonchev–Trinajstić information content (AvgIpc) is 1.67. The van der Waals surface area contributed by atoms with Gasteiger partial charge in [-0.25, -0.2) is 52.3 Å². The first-order valence-corrected chi connectivity index (χ1v) is 39.6. The molecule has 15 rings (SSSR count). The second kappa shape index (κ2) is 36.8. The third-order valence-corrected chi connectivity index (χ3v) is 21.3. The Morgan fingerprint density at radius 1 is 0.549 bits per heavy atom. The molecule has 30 heteroatoms. The van der Waals surface area contributed by atoms with Crippen molar-refractivity contribution in [3.8, 4) is 0 Å².